The van der Waals surface area contributed by atoms with E-state index >= 15 is 0 Å². The first-order chi connectivity index (χ1) is 4.66. The molecule has 0 radical (unpaired) electrons. The maximum atomic E-state index is 10.3. The van der Waals surface area contributed by atoms with E-state index in [1.807, 2.05) is 0 Å². The van der Waals surface area contributed by atoms with E-state index in [1.54, 1.807) is 0 Å². The van der Waals surface area contributed by atoms with Crippen molar-refractivity contribution >= 4 is 29.2 Å². The fourth-order valence-electron chi connectivity index (χ4n) is 0.301. The Balaban J connectivity index is 3.12. The van der Waals surface area contributed by atoms with E-state index in [4.69, 9.17) is 11.5 Å². The summed E-state index contributed by atoms with van der Waals surface area (Å²) in [5, 5.41) is 0. The van der Waals surface area contributed by atoms with Crippen molar-refractivity contribution in [1.82, 2.24) is 0 Å². The Bertz CT molecular complexity index is 109. The van der Waals surface area contributed by atoms with Crippen LogP contribution in [0.1, 0.15) is 6.42 Å². The molecule has 60 valence electrons. The van der Waals surface area contributed by atoms with Crippen LogP contribution >= 0.6 is 23.0 Å². The second kappa shape index (κ2) is 5.69. The molecule has 10 heavy (non-hydrogen) atoms. The first kappa shape index (κ1) is 9.92. The highest BCUT2D eigenvalue weighted by atomic mass is 127. The van der Waals surface area contributed by atoms with E-state index in [0.717, 1.165) is 0 Å². The van der Waals surface area contributed by atoms with E-state index < -0.39 is 12.3 Å². The highest BCUT2D eigenvalue weighted by molar-refractivity contribution is 14.1. The summed E-state index contributed by atoms with van der Waals surface area (Å²) in [6.07, 6.45) is -0.727. The summed E-state index contributed by atoms with van der Waals surface area (Å²) in [4.78, 5) is 10.3. The van der Waals surface area contributed by atoms with Gasteiger partial charge >= 0.3 is 6.16 Å². The summed E-state index contributed by atoms with van der Waals surface area (Å²) in [7, 11) is 0. The van der Waals surface area contributed by atoms with Crippen molar-refractivity contribution in [1.29, 1.82) is 0 Å². The molecule has 0 heterocycles. The average Bonchev–Trinajstić information content (AvgIpc) is 1.87. The number of carbonyl (C=O) groups excluding carboxylic acids is 1. The molecule has 5 nitrogen and oxygen atoms in total. The Morgan fingerprint density at radius 2 is 2.20 bits per heavy atom. The van der Waals surface area contributed by atoms with E-state index in [2.05, 4.69) is 7.80 Å². The third-order valence-corrected chi connectivity index (χ3v) is 1.09. The molecule has 0 aliphatic rings. The van der Waals surface area contributed by atoms with Crippen LogP contribution in [0.5, 0.6) is 0 Å². The molecular formula is C4H9IN2O3. The van der Waals surface area contributed by atoms with E-state index in [0.29, 0.717) is 6.42 Å². The molecule has 0 aromatic carbocycles. The molecule has 0 aromatic rings. The molecule has 0 bridgehead atoms. The predicted molar refractivity (Wildman–Crippen MR) is 43.2 cm³/mol. The highest BCUT2D eigenvalue weighted by Gasteiger charge is 2.01. The zero-order chi connectivity index (χ0) is 7.98. The number of nitrogens with two attached hydrogens (primary N) is 2. The summed E-state index contributed by atoms with van der Waals surface area (Å²) in [5.74, 6) is 0. The lowest BCUT2D eigenvalue weighted by molar-refractivity contribution is 0.110. The summed E-state index contributed by atoms with van der Waals surface area (Å²) in [5.41, 5.74) is 10.3. The smallest absolute Gasteiger partial charge is 0.434 e. The van der Waals surface area contributed by atoms with Crippen LogP contribution in [-0.4, -0.2) is 18.9 Å². The van der Waals surface area contributed by atoms with E-state index in [9.17, 15) is 4.79 Å². The van der Waals surface area contributed by atoms with E-state index in [1.165, 1.54) is 23.0 Å². The number of ether oxygens (including phenoxy) is 1. The Morgan fingerprint density at radius 1 is 1.60 bits per heavy atom. The maximum absolute atomic E-state index is 10.3. The van der Waals surface area contributed by atoms with Crippen molar-refractivity contribution in [3.63, 3.8) is 0 Å². The molecule has 0 atom stereocenters. The van der Waals surface area contributed by atoms with Gasteiger partial charge in [0.1, 0.15) is 0 Å². The van der Waals surface area contributed by atoms with Crippen LogP contribution in [0.25, 0.3) is 0 Å². The van der Waals surface area contributed by atoms with Crippen LogP contribution in [0.2, 0.25) is 0 Å². The van der Waals surface area contributed by atoms with Gasteiger partial charge in [0.05, 0.1) is 12.8 Å². The van der Waals surface area contributed by atoms with Crippen LogP contribution in [0.15, 0.2) is 0 Å². The van der Waals surface area contributed by atoms with Gasteiger partial charge in [-0.05, 0) is 0 Å². The lowest BCUT2D eigenvalue weighted by Gasteiger charge is -2.03. The predicted octanol–water partition coefficient (Wildman–Crippen LogP) is 0.123. The molecule has 0 aromatic heterocycles. The zero-order valence-electron chi connectivity index (χ0n) is 5.25. The molecule has 0 aliphatic carbocycles. The van der Waals surface area contributed by atoms with Gasteiger partial charge in [-0.1, -0.05) is 0 Å². The quantitative estimate of drug-likeness (QED) is 0.427. The number of rotatable bonds is 3. The van der Waals surface area contributed by atoms with Crippen LogP contribution in [0, 0.1) is 0 Å². The molecule has 0 rings (SSSR count). The van der Waals surface area contributed by atoms with Crippen LogP contribution in [0.4, 0.5) is 4.79 Å². The normalized spacial score (nSPS) is 9.60. The van der Waals surface area contributed by atoms with Gasteiger partial charge < -0.3 is 19.3 Å². The fraction of sp³-hybridized carbons (Fsp3) is 0.750. The first-order valence-electron chi connectivity index (χ1n) is 2.63. The first-order valence-corrected chi connectivity index (χ1v) is 3.51. The molecule has 0 amide bonds. The SMILES string of the molecule is NC(N)CCOC(=O)OI. The van der Waals surface area contributed by atoms with Crippen molar-refractivity contribution in [3.8, 4) is 0 Å². The van der Waals surface area contributed by atoms with Gasteiger partial charge in [0.25, 0.3) is 0 Å². The van der Waals surface area contributed by atoms with Crippen LogP contribution < -0.4 is 11.5 Å². The Labute approximate surface area is 72.7 Å². The monoisotopic (exact) mass is 260 g/mol. The molecule has 0 spiro atoms. The number of hydrogen-bond acceptors (Lipinski definition) is 5. The molecule has 0 saturated carbocycles. The fourth-order valence-corrected chi connectivity index (χ4v) is 0.428. The van der Waals surface area contributed by atoms with E-state index in [-0.39, 0.29) is 6.61 Å². The molecule has 6 heteroatoms. The molecule has 0 saturated heterocycles. The lowest BCUT2D eigenvalue weighted by atomic mass is 10.4. The van der Waals surface area contributed by atoms with Gasteiger partial charge in [-0.15, -0.1) is 0 Å². The average molecular weight is 260 g/mol. The molecule has 0 fully saturated rings. The minimum Gasteiger partial charge on any atom is -0.434 e. The van der Waals surface area contributed by atoms with Gasteiger partial charge in [-0.3, -0.25) is 0 Å². The van der Waals surface area contributed by atoms with Gasteiger partial charge in [0.2, 0.25) is 0 Å². The third kappa shape index (κ3) is 6.05. The van der Waals surface area contributed by atoms with Gasteiger partial charge in [-0.25, -0.2) is 4.79 Å². The topological polar surface area (TPSA) is 87.6 Å². The van der Waals surface area contributed by atoms with Crippen LogP contribution in [0.3, 0.4) is 0 Å². The molecule has 0 aliphatic heterocycles. The summed E-state index contributed by atoms with van der Waals surface area (Å²) in [6.45, 7) is 0.194. The summed E-state index contributed by atoms with van der Waals surface area (Å²) >= 11 is 1.43. The van der Waals surface area contributed by atoms with Crippen molar-refractivity contribution in [2.75, 3.05) is 6.61 Å². The largest absolute Gasteiger partial charge is 0.517 e. The number of carbonyl (C=O) groups is 1. The lowest BCUT2D eigenvalue weighted by Crippen LogP contribution is -2.31. The van der Waals surface area contributed by atoms with Gasteiger partial charge in [-0.2, -0.15) is 0 Å². The van der Waals surface area contributed by atoms with Gasteiger partial charge in [0.15, 0.2) is 23.0 Å². The Kier molecular flexibility index (Phi) is 5.64. The van der Waals surface area contributed by atoms with Crippen LogP contribution in [-0.2, 0) is 7.80 Å². The second-order valence-electron chi connectivity index (χ2n) is 1.63. The highest BCUT2D eigenvalue weighted by Crippen LogP contribution is 1.92. The van der Waals surface area contributed by atoms with Crippen molar-refractivity contribution in [2.45, 2.75) is 12.6 Å². The van der Waals surface area contributed by atoms with Crippen molar-refractivity contribution < 1.29 is 12.6 Å². The zero-order valence-corrected chi connectivity index (χ0v) is 7.41. The number of halogens is 1. The third-order valence-electron chi connectivity index (χ3n) is 0.734. The maximum Gasteiger partial charge on any atom is 0.517 e. The standard InChI is InChI=1S/C4H9IN2O3/c5-10-4(8)9-2-1-3(6)7/h3H,1-2,6-7H2. The summed E-state index contributed by atoms with van der Waals surface area (Å²) in [6, 6.07) is 0. The van der Waals surface area contributed by atoms with Gasteiger partial charge in [0, 0.05) is 6.42 Å². The Hall–Kier alpha value is -0.0800. The minimum atomic E-state index is -0.721. The minimum absolute atomic E-state index is 0.194. The van der Waals surface area contributed by atoms with Crippen molar-refractivity contribution in [3.05, 3.63) is 0 Å². The summed E-state index contributed by atoms with van der Waals surface area (Å²) < 4.78 is 8.63. The number of hydrogen-bond donors (Lipinski definition) is 2. The molecule has 4 N–H and O–H groups in total. The second-order valence-corrected chi connectivity index (χ2v) is 2.07. The molecular weight excluding hydrogens is 251 g/mol. The molecule has 0 unspecified atom stereocenters. The van der Waals surface area contributed by atoms with Crippen molar-refractivity contribution in [2.24, 2.45) is 11.5 Å². The Morgan fingerprint density at radius 3 is 2.60 bits per heavy atom.